The second kappa shape index (κ2) is 4.53. The van der Waals surface area contributed by atoms with Crippen LogP contribution in [0.2, 0.25) is 0 Å². The first kappa shape index (κ1) is 13.2. The van der Waals surface area contributed by atoms with E-state index >= 15 is 0 Å². The van der Waals surface area contributed by atoms with E-state index in [1.54, 1.807) is 6.92 Å². The van der Waals surface area contributed by atoms with Crippen molar-refractivity contribution in [2.75, 3.05) is 12.9 Å². The van der Waals surface area contributed by atoms with Gasteiger partial charge in [0.15, 0.2) is 15.6 Å². The molecule has 0 aromatic heterocycles. The summed E-state index contributed by atoms with van der Waals surface area (Å²) in [5, 5.41) is 0. The van der Waals surface area contributed by atoms with Crippen molar-refractivity contribution in [1.82, 2.24) is 0 Å². The molecule has 0 amide bonds. The van der Waals surface area contributed by atoms with E-state index in [0.717, 1.165) is 0 Å². The Bertz CT molecular complexity index is 397. The van der Waals surface area contributed by atoms with Gasteiger partial charge < -0.3 is 4.74 Å². The second-order valence-corrected chi connectivity index (χ2v) is 6.41. The number of ketones is 1. The average molecular weight is 248 g/mol. The molecule has 5 nitrogen and oxygen atoms in total. The van der Waals surface area contributed by atoms with Gasteiger partial charge >= 0.3 is 5.97 Å². The minimum absolute atomic E-state index is 0.0132. The number of sulfone groups is 1. The maximum atomic E-state index is 11.9. The Balaban J connectivity index is 3.13. The molecule has 0 aromatic carbocycles. The monoisotopic (exact) mass is 248 g/mol. The predicted octanol–water partition coefficient (Wildman–Crippen LogP) is 0.476. The third-order valence-electron chi connectivity index (χ3n) is 3.01. The third kappa shape index (κ3) is 1.98. The van der Waals surface area contributed by atoms with Gasteiger partial charge in [0.05, 0.1) is 19.3 Å². The van der Waals surface area contributed by atoms with Crippen LogP contribution in [0.15, 0.2) is 0 Å². The fourth-order valence-corrected chi connectivity index (χ4v) is 4.27. The maximum absolute atomic E-state index is 11.9. The zero-order chi connectivity index (χ0) is 12.4. The fraction of sp³-hybridized carbons (Fsp3) is 0.800. The molecule has 1 heterocycles. The van der Waals surface area contributed by atoms with Crippen LogP contribution in [0.5, 0.6) is 0 Å². The van der Waals surface area contributed by atoms with Gasteiger partial charge in [-0.15, -0.1) is 0 Å². The first-order valence-corrected chi connectivity index (χ1v) is 6.87. The first-order valence-electron chi connectivity index (χ1n) is 5.22. The summed E-state index contributed by atoms with van der Waals surface area (Å²) in [7, 11) is -2.33. The van der Waals surface area contributed by atoms with Crippen molar-refractivity contribution in [2.24, 2.45) is 0 Å². The summed E-state index contributed by atoms with van der Waals surface area (Å²) in [6, 6.07) is 0. The van der Waals surface area contributed by atoms with Gasteiger partial charge in [0.25, 0.3) is 0 Å². The van der Waals surface area contributed by atoms with Crippen molar-refractivity contribution < 1.29 is 22.7 Å². The van der Waals surface area contributed by atoms with Gasteiger partial charge in [-0.2, -0.15) is 0 Å². The quantitative estimate of drug-likeness (QED) is 0.676. The molecule has 0 aromatic rings. The van der Waals surface area contributed by atoms with Crippen molar-refractivity contribution in [1.29, 1.82) is 0 Å². The number of hydrogen-bond donors (Lipinski definition) is 0. The molecule has 92 valence electrons. The summed E-state index contributed by atoms with van der Waals surface area (Å²) in [5.74, 6) is -1.14. The molecule has 1 rings (SSSR count). The number of methoxy groups -OCH3 is 1. The molecule has 0 spiro atoms. The molecule has 16 heavy (non-hydrogen) atoms. The van der Waals surface area contributed by atoms with E-state index in [1.807, 2.05) is 0 Å². The number of esters is 1. The molecule has 0 N–H and O–H groups in total. The van der Waals surface area contributed by atoms with E-state index in [1.165, 1.54) is 7.11 Å². The lowest BCUT2D eigenvalue weighted by Crippen LogP contribution is -2.43. The number of ether oxygens (including phenoxy) is 1. The van der Waals surface area contributed by atoms with Gasteiger partial charge in [-0.25, -0.2) is 8.42 Å². The molecular weight excluding hydrogens is 232 g/mol. The molecule has 0 unspecified atom stereocenters. The highest BCUT2D eigenvalue weighted by molar-refractivity contribution is 7.94. The SMILES string of the molecule is CCC[C@@]1(CC(=O)OC)C(=O)CCS1(=O)=O. The maximum Gasteiger partial charge on any atom is 0.307 e. The van der Waals surface area contributed by atoms with Crippen LogP contribution in [0.4, 0.5) is 0 Å². The molecule has 0 bridgehead atoms. The normalized spacial score (nSPS) is 28.0. The molecule has 1 fully saturated rings. The van der Waals surface area contributed by atoms with Crippen LogP contribution in [-0.4, -0.2) is 37.8 Å². The Morgan fingerprint density at radius 1 is 1.50 bits per heavy atom. The Labute approximate surface area is 95.1 Å². The summed E-state index contributed by atoms with van der Waals surface area (Å²) < 4.78 is 26.8. The number of carbonyl (C=O) groups excluding carboxylic acids is 2. The Morgan fingerprint density at radius 3 is 2.50 bits per heavy atom. The van der Waals surface area contributed by atoms with Gasteiger partial charge in [-0.3, -0.25) is 9.59 Å². The van der Waals surface area contributed by atoms with E-state index in [0.29, 0.717) is 6.42 Å². The van der Waals surface area contributed by atoms with Crippen molar-refractivity contribution in [3.8, 4) is 0 Å². The van der Waals surface area contributed by atoms with Crippen LogP contribution in [0.1, 0.15) is 32.6 Å². The number of hydrogen-bond acceptors (Lipinski definition) is 5. The largest absolute Gasteiger partial charge is 0.469 e. The van der Waals surface area contributed by atoms with E-state index in [4.69, 9.17) is 0 Å². The molecule has 6 heteroatoms. The van der Waals surface area contributed by atoms with Crippen LogP contribution in [-0.2, 0) is 24.2 Å². The molecular formula is C10H16O5S. The highest BCUT2D eigenvalue weighted by atomic mass is 32.2. The summed E-state index contributed by atoms with van der Waals surface area (Å²) in [6.45, 7) is 1.79. The van der Waals surface area contributed by atoms with Gasteiger partial charge in [0.2, 0.25) is 0 Å². The van der Waals surface area contributed by atoms with Crippen LogP contribution >= 0.6 is 0 Å². The zero-order valence-electron chi connectivity index (χ0n) is 9.49. The Kier molecular flexibility index (Phi) is 3.72. The average Bonchev–Trinajstić information content (AvgIpc) is 2.43. The van der Waals surface area contributed by atoms with Crippen molar-refractivity contribution in [2.45, 2.75) is 37.4 Å². The molecule has 0 saturated carbocycles. The summed E-state index contributed by atoms with van der Waals surface area (Å²) >= 11 is 0. The second-order valence-electron chi connectivity index (χ2n) is 3.99. The standard InChI is InChI=1S/C10H16O5S/c1-3-5-10(7-9(12)15-2)8(11)4-6-16(10,13)14/h3-7H2,1-2H3/t10-/m1/s1. The van der Waals surface area contributed by atoms with Crippen molar-refractivity contribution in [3.63, 3.8) is 0 Å². The minimum Gasteiger partial charge on any atom is -0.469 e. The molecule has 1 aliphatic rings. The van der Waals surface area contributed by atoms with E-state index in [2.05, 4.69) is 4.74 Å². The number of Topliss-reactive ketones (excluding diaryl/α,β-unsaturated/α-hetero) is 1. The van der Waals surface area contributed by atoms with Crippen LogP contribution in [0.25, 0.3) is 0 Å². The summed E-state index contributed by atoms with van der Waals surface area (Å²) in [5.41, 5.74) is 0. The molecule has 1 saturated heterocycles. The van der Waals surface area contributed by atoms with E-state index in [-0.39, 0.29) is 30.8 Å². The third-order valence-corrected chi connectivity index (χ3v) is 5.52. The Morgan fingerprint density at radius 2 is 2.12 bits per heavy atom. The highest BCUT2D eigenvalue weighted by Crippen LogP contribution is 2.36. The molecule has 0 aliphatic carbocycles. The van der Waals surface area contributed by atoms with Gasteiger partial charge in [0.1, 0.15) is 4.75 Å². The van der Waals surface area contributed by atoms with E-state index in [9.17, 15) is 18.0 Å². The van der Waals surface area contributed by atoms with Crippen molar-refractivity contribution >= 4 is 21.6 Å². The topological polar surface area (TPSA) is 77.5 Å². The van der Waals surface area contributed by atoms with Crippen LogP contribution < -0.4 is 0 Å². The van der Waals surface area contributed by atoms with Crippen LogP contribution in [0.3, 0.4) is 0 Å². The predicted molar refractivity (Wildman–Crippen MR) is 57.7 cm³/mol. The number of carbonyl (C=O) groups is 2. The summed E-state index contributed by atoms with van der Waals surface area (Å²) in [4.78, 5) is 23.0. The van der Waals surface area contributed by atoms with Gasteiger partial charge in [0, 0.05) is 6.42 Å². The summed E-state index contributed by atoms with van der Waals surface area (Å²) in [6.07, 6.45) is 0.406. The first-order chi connectivity index (χ1) is 7.39. The van der Waals surface area contributed by atoms with Crippen molar-refractivity contribution in [3.05, 3.63) is 0 Å². The van der Waals surface area contributed by atoms with Gasteiger partial charge in [-0.05, 0) is 6.42 Å². The minimum atomic E-state index is -3.52. The van der Waals surface area contributed by atoms with Crippen LogP contribution in [0, 0.1) is 0 Å². The molecule has 0 radical (unpaired) electrons. The zero-order valence-corrected chi connectivity index (χ0v) is 10.3. The fourth-order valence-electron chi connectivity index (χ4n) is 2.12. The van der Waals surface area contributed by atoms with E-state index < -0.39 is 20.6 Å². The highest BCUT2D eigenvalue weighted by Gasteiger charge is 2.55. The molecule has 1 atom stereocenters. The lowest BCUT2D eigenvalue weighted by molar-refractivity contribution is -0.143. The molecule has 1 aliphatic heterocycles. The Hall–Kier alpha value is -0.910. The lowest BCUT2D eigenvalue weighted by atomic mass is 9.93. The number of rotatable bonds is 4. The van der Waals surface area contributed by atoms with Gasteiger partial charge in [-0.1, -0.05) is 13.3 Å². The lowest BCUT2D eigenvalue weighted by Gasteiger charge is -2.24. The smallest absolute Gasteiger partial charge is 0.307 e.